The maximum atomic E-state index is 12.0. The Morgan fingerprint density at radius 3 is 2.26 bits per heavy atom. The monoisotopic (exact) mass is 291 g/mol. The first-order chi connectivity index (χ1) is 8.55. The quantitative estimate of drug-likeness (QED) is 0.791. The molecule has 1 amide bonds. The standard InChI is InChI=1S/C12H21NO5S/c1-12(2,3)9(11(15)16)13-10(14)8-6-4-5-7-19(8,17)18/h8-9H,4-7H2,1-3H3,(H,13,14)(H,15,16)/t8?,9-/m1/s1. The van der Waals surface area contributed by atoms with E-state index in [1.807, 2.05) is 0 Å². The number of nitrogens with one attached hydrogen (secondary N) is 1. The second kappa shape index (κ2) is 5.48. The van der Waals surface area contributed by atoms with Gasteiger partial charge < -0.3 is 10.4 Å². The Morgan fingerprint density at radius 2 is 1.84 bits per heavy atom. The van der Waals surface area contributed by atoms with Crippen LogP contribution < -0.4 is 5.32 Å². The summed E-state index contributed by atoms with van der Waals surface area (Å²) in [6, 6.07) is -1.10. The van der Waals surface area contributed by atoms with E-state index in [0.29, 0.717) is 12.8 Å². The van der Waals surface area contributed by atoms with E-state index in [0.717, 1.165) is 0 Å². The average Bonchev–Trinajstić information content (AvgIpc) is 2.22. The van der Waals surface area contributed by atoms with Gasteiger partial charge in [-0.25, -0.2) is 13.2 Å². The Labute approximate surface area is 113 Å². The van der Waals surface area contributed by atoms with Crippen LogP contribution in [0, 0.1) is 5.41 Å². The van der Waals surface area contributed by atoms with Crippen molar-refractivity contribution in [3.63, 3.8) is 0 Å². The molecule has 0 saturated carbocycles. The molecule has 0 aromatic carbocycles. The summed E-state index contributed by atoms with van der Waals surface area (Å²) in [5, 5.41) is 10.4. The number of carbonyl (C=O) groups is 2. The third kappa shape index (κ3) is 3.92. The molecule has 0 radical (unpaired) electrons. The highest BCUT2D eigenvalue weighted by atomic mass is 32.2. The largest absolute Gasteiger partial charge is 0.480 e. The van der Waals surface area contributed by atoms with Gasteiger partial charge in [0.1, 0.15) is 11.3 Å². The fraction of sp³-hybridized carbons (Fsp3) is 0.833. The zero-order valence-corrected chi connectivity index (χ0v) is 12.3. The van der Waals surface area contributed by atoms with Crippen LogP contribution in [0.15, 0.2) is 0 Å². The van der Waals surface area contributed by atoms with E-state index < -0.39 is 38.4 Å². The van der Waals surface area contributed by atoms with Gasteiger partial charge in [-0.05, 0) is 18.3 Å². The fourth-order valence-electron chi connectivity index (χ4n) is 2.13. The maximum absolute atomic E-state index is 12.0. The van der Waals surface area contributed by atoms with Crippen molar-refractivity contribution in [2.24, 2.45) is 5.41 Å². The first-order valence-electron chi connectivity index (χ1n) is 6.30. The van der Waals surface area contributed by atoms with Gasteiger partial charge in [0, 0.05) is 0 Å². The molecule has 0 aromatic rings. The summed E-state index contributed by atoms with van der Waals surface area (Å²) >= 11 is 0. The predicted octanol–water partition coefficient (Wildman–Crippen LogP) is 0.569. The minimum Gasteiger partial charge on any atom is -0.480 e. The molecule has 1 unspecified atom stereocenters. The van der Waals surface area contributed by atoms with Crippen molar-refractivity contribution in [3.8, 4) is 0 Å². The molecule has 19 heavy (non-hydrogen) atoms. The van der Waals surface area contributed by atoms with Gasteiger partial charge in [0.25, 0.3) is 0 Å². The second-order valence-electron chi connectivity index (χ2n) is 6.00. The highest BCUT2D eigenvalue weighted by molar-refractivity contribution is 7.92. The van der Waals surface area contributed by atoms with E-state index in [1.165, 1.54) is 0 Å². The van der Waals surface area contributed by atoms with Crippen LogP contribution in [0.25, 0.3) is 0 Å². The van der Waals surface area contributed by atoms with Gasteiger partial charge in [-0.1, -0.05) is 27.2 Å². The summed E-state index contributed by atoms with van der Waals surface area (Å²) in [5.74, 6) is -1.85. The van der Waals surface area contributed by atoms with Gasteiger partial charge in [0.15, 0.2) is 9.84 Å². The summed E-state index contributed by atoms with van der Waals surface area (Å²) in [4.78, 5) is 23.2. The van der Waals surface area contributed by atoms with E-state index in [9.17, 15) is 18.0 Å². The minimum absolute atomic E-state index is 0.00164. The van der Waals surface area contributed by atoms with Crippen LogP contribution in [0.3, 0.4) is 0 Å². The van der Waals surface area contributed by atoms with Crippen molar-refractivity contribution in [2.75, 3.05) is 5.75 Å². The lowest BCUT2D eigenvalue weighted by Crippen LogP contribution is -2.54. The molecule has 1 fully saturated rings. The lowest BCUT2D eigenvalue weighted by molar-refractivity contribution is -0.144. The normalized spacial score (nSPS) is 24.5. The molecule has 7 heteroatoms. The van der Waals surface area contributed by atoms with Gasteiger partial charge in [-0.3, -0.25) is 4.79 Å². The number of carboxylic acids is 1. The Kier molecular flexibility index (Phi) is 4.60. The van der Waals surface area contributed by atoms with Crippen molar-refractivity contribution in [1.82, 2.24) is 5.32 Å². The molecule has 0 spiro atoms. The number of hydrogen-bond donors (Lipinski definition) is 2. The van der Waals surface area contributed by atoms with Crippen LogP contribution in [0.5, 0.6) is 0 Å². The smallest absolute Gasteiger partial charge is 0.326 e. The summed E-state index contributed by atoms with van der Waals surface area (Å²) in [5.41, 5.74) is -0.681. The van der Waals surface area contributed by atoms with Crippen LogP contribution >= 0.6 is 0 Å². The first kappa shape index (κ1) is 15.9. The summed E-state index contributed by atoms with van der Waals surface area (Å²) < 4.78 is 23.6. The Hall–Kier alpha value is -1.11. The Bertz CT molecular complexity index is 463. The van der Waals surface area contributed by atoms with Gasteiger partial charge in [-0.2, -0.15) is 0 Å². The SMILES string of the molecule is CC(C)(C)[C@H](NC(=O)C1CCCCS1(=O)=O)C(=O)O. The van der Waals surface area contributed by atoms with Gasteiger partial charge in [-0.15, -0.1) is 0 Å². The fourth-order valence-corrected chi connectivity index (χ4v) is 3.94. The molecule has 1 heterocycles. The lowest BCUT2D eigenvalue weighted by atomic mass is 9.86. The molecule has 1 aliphatic heterocycles. The zero-order chi connectivity index (χ0) is 14.8. The van der Waals surface area contributed by atoms with E-state index in [4.69, 9.17) is 5.11 Å². The number of carboxylic acid groups (broad SMARTS) is 1. The van der Waals surface area contributed by atoms with Crippen LogP contribution in [-0.4, -0.2) is 42.4 Å². The van der Waals surface area contributed by atoms with E-state index in [-0.39, 0.29) is 12.2 Å². The average molecular weight is 291 g/mol. The first-order valence-corrected chi connectivity index (χ1v) is 8.02. The number of carbonyl (C=O) groups excluding carboxylic acids is 1. The summed E-state index contributed by atoms with van der Waals surface area (Å²) in [7, 11) is -3.44. The minimum atomic E-state index is -3.44. The van der Waals surface area contributed by atoms with Gasteiger partial charge >= 0.3 is 5.97 Å². The molecule has 0 aliphatic carbocycles. The van der Waals surface area contributed by atoms with Crippen molar-refractivity contribution >= 4 is 21.7 Å². The van der Waals surface area contributed by atoms with Crippen LogP contribution in [-0.2, 0) is 19.4 Å². The molecular formula is C12H21NO5S. The molecule has 2 atom stereocenters. The second-order valence-corrected chi connectivity index (χ2v) is 8.30. The molecule has 110 valence electrons. The molecule has 0 aromatic heterocycles. The molecule has 1 rings (SSSR count). The van der Waals surface area contributed by atoms with Crippen molar-refractivity contribution in [2.45, 2.75) is 51.3 Å². The molecule has 1 aliphatic rings. The van der Waals surface area contributed by atoms with Crippen LogP contribution in [0.4, 0.5) is 0 Å². The Balaban J connectivity index is 2.86. The van der Waals surface area contributed by atoms with E-state index >= 15 is 0 Å². The molecule has 2 N–H and O–H groups in total. The Morgan fingerprint density at radius 1 is 1.26 bits per heavy atom. The van der Waals surface area contributed by atoms with E-state index in [2.05, 4.69) is 5.32 Å². The molecule has 0 bridgehead atoms. The third-order valence-corrected chi connectivity index (χ3v) is 5.45. The van der Waals surface area contributed by atoms with Crippen LogP contribution in [0.2, 0.25) is 0 Å². The number of sulfone groups is 1. The number of aliphatic carboxylic acids is 1. The number of rotatable bonds is 3. The third-order valence-electron chi connectivity index (χ3n) is 3.27. The molecule has 6 nitrogen and oxygen atoms in total. The van der Waals surface area contributed by atoms with Gasteiger partial charge in [0.2, 0.25) is 5.91 Å². The maximum Gasteiger partial charge on any atom is 0.326 e. The lowest BCUT2D eigenvalue weighted by Gasteiger charge is -2.30. The van der Waals surface area contributed by atoms with Crippen molar-refractivity contribution in [1.29, 1.82) is 0 Å². The number of amides is 1. The van der Waals surface area contributed by atoms with Crippen molar-refractivity contribution < 1.29 is 23.1 Å². The highest BCUT2D eigenvalue weighted by Crippen LogP contribution is 2.23. The summed E-state index contributed by atoms with van der Waals surface area (Å²) in [6.45, 7) is 5.05. The molecular weight excluding hydrogens is 270 g/mol. The van der Waals surface area contributed by atoms with Crippen LogP contribution in [0.1, 0.15) is 40.0 Å². The predicted molar refractivity (Wildman–Crippen MR) is 70.4 cm³/mol. The topological polar surface area (TPSA) is 101 Å². The van der Waals surface area contributed by atoms with Crippen molar-refractivity contribution in [3.05, 3.63) is 0 Å². The summed E-state index contributed by atoms with van der Waals surface area (Å²) in [6.07, 6.45) is 1.50. The van der Waals surface area contributed by atoms with E-state index in [1.54, 1.807) is 20.8 Å². The highest BCUT2D eigenvalue weighted by Gasteiger charge is 2.39. The zero-order valence-electron chi connectivity index (χ0n) is 11.5. The number of hydrogen-bond acceptors (Lipinski definition) is 4. The molecule has 1 saturated heterocycles. The van der Waals surface area contributed by atoms with Gasteiger partial charge in [0.05, 0.1) is 5.75 Å².